The van der Waals surface area contributed by atoms with Crippen molar-refractivity contribution in [3.63, 3.8) is 0 Å². The van der Waals surface area contributed by atoms with Crippen molar-refractivity contribution in [2.45, 2.75) is 0 Å². The molecule has 0 aromatic carbocycles. The van der Waals surface area contributed by atoms with Crippen LogP contribution in [0.4, 0.5) is 5.95 Å². The largest absolute Gasteiger partial charge is 0.395 e. The van der Waals surface area contributed by atoms with Gasteiger partial charge in [-0.25, -0.2) is 4.68 Å². The molecule has 0 aliphatic heterocycles. The molecule has 2 aromatic rings. The molecule has 2 N–H and O–H groups in total. The number of rotatable bonds is 6. The highest BCUT2D eigenvalue weighted by atomic mass is 35.5. The van der Waals surface area contributed by atoms with Crippen LogP contribution in [0.2, 0.25) is 5.28 Å². The molecule has 19 heavy (non-hydrogen) atoms. The van der Waals surface area contributed by atoms with Gasteiger partial charge in [-0.05, 0) is 17.7 Å². The van der Waals surface area contributed by atoms with Crippen LogP contribution in [0.3, 0.4) is 0 Å². The van der Waals surface area contributed by atoms with Crippen molar-refractivity contribution in [2.75, 3.05) is 31.2 Å². The number of halogens is 1. The lowest BCUT2D eigenvalue weighted by atomic mass is 10.5. The first kappa shape index (κ1) is 13.7. The van der Waals surface area contributed by atoms with Gasteiger partial charge in [0.05, 0.1) is 13.2 Å². The summed E-state index contributed by atoms with van der Waals surface area (Å²) in [5.74, 6) is 0.564. The highest BCUT2D eigenvalue weighted by molar-refractivity contribution is 6.28. The van der Waals surface area contributed by atoms with Gasteiger partial charge in [-0.2, -0.15) is 20.1 Å². The molecule has 0 saturated carbocycles. The molecule has 0 fully saturated rings. The monoisotopic (exact) mass is 284 g/mol. The van der Waals surface area contributed by atoms with Gasteiger partial charge in [-0.3, -0.25) is 0 Å². The van der Waals surface area contributed by atoms with E-state index in [2.05, 4.69) is 20.1 Å². The van der Waals surface area contributed by atoms with E-state index >= 15 is 0 Å². The van der Waals surface area contributed by atoms with Crippen LogP contribution in [-0.2, 0) is 0 Å². The van der Waals surface area contributed by atoms with Crippen molar-refractivity contribution in [1.29, 1.82) is 0 Å². The minimum atomic E-state index is -0.0829. The van der Waals surface area contributed by atoms with Crippen LogP contribution in [0.25, 0.3) is 5.95 Å². The van der Waals surface area contributed by atoms with E-state index in [1.807, 2.05) is 0 Å². The van der Waals surface area contributed by atoms with Gasteiger partial charge in [-0.15, -0.1) is 0 Å². The molecule has 9 heteroatoms. The van der Waals surface area contributed by atoms with E-state index < -0.39 is 0 Å². The molecule has 0 unspecified atom stereocenters. The Balaban J connectivity index is 2.34. The zero-order valence-corrected chi connectivity index (χ0v) is 10.8. The Hall–Kier alpha value is -1.77. The fourth-order valence-corrected chi connectivity index (χ4v) is 1.66. The number of aliphatic hydroxyl groups excluding tert-OH is 2. The molecule has 8 nitrogen and oxygen atoms in total. The lowest BCUT2D eigenvalue weighted by Crippen LogP contribution is -2.31. The standard InChI is InChI=1S/C10H13ClN6O2/c11-8-13-9(16(4-6-18)5-7-19)15-10(14-8)17-3-1-2-12-17/h1-3,18-19H,4-7H2. The highest BCUT2D eigenvalue weighted by Crippen LogP contribution is 2.12. The first-order chi connectivity index (χ1) is 9.24. The lowest BCUT2D eigenvalue weighted by Gasteiger charge is -2.20. The maximum Gasteiger partial charge on any atom is 0.256 e. The van der Waals surface area contributed by atoms with Gasteiger partial charge in [0.15, 0.2) is 0 Å². The second-order valence-corrected chi connectivity index (χ2v) is 3.93. The first-order valence-corrected chi connectivity index (χ1v) is 6.00. The van der Waals surface area contributed by atoms with E-state index in [0.29, 0.717) is 13.1 Å². The third-order valence-corrected chi connectivity index (χ3v) is 2.49. The van der Waals surface area contributed by atoms with Gasteiger partial charge in [0.1, 0.15) is 0 Å². The normalized spacial score (nSPS) is 10.7. The molecule has 2 aromatic heterocycles. The zero-order chi connectivity index (χ0) is 13.7. The Morgan fingerprint density at radius 2 is 1.89 bits per heavy atom. The van der Waals surface area contributed by atoms with Crippen LogP contribution in [0, 0.1) is 0 Å². The quantitative estimate of drug-likeness (QED) is 0.737. The summed E-state index contributed by atoms with van der Waals surface area (Å²) in [4.78, 5) is 13.8. The van der Waals surface area contributed by atoms with Gasteiger partial charge in [0.2, 0.25) is 11.2 Å². The molecule has 0 radical (unpaired) electrons. The van der Waals surface area contributed by atoms with E-state index in [1.54, 1.807) is 23.4 Å². The molecule has 0 spiro atoms. The van der Waals surface area contributed by atoms with E-state index in [-0.39, 0.29) is 30.4 Å². The summed E-state index contributed by atoms with van der Waals surface area (Å²) in [5, 5.41) is 22.0. The minimum Gasteiger partial charge on any atom is -0.395 e. The van der Waals surface area contributed by atoms with Crippen molar-refractivity contribution in [1.82, 2.24) is 24.7 Å². The van der Waals surface area contributed by atoms with E-state index in [4.69, 9.17) is 21.8 Å². The van der Waals surface area contributed by atoms with Crippen LogP contribution in [0.5, 0.6) is 0 Å². The number of hydrogen-bond acceptors (Lipinski definition) is 7. The summed E-state index contributed by atoms with van der Waals surface area (Å²) in [7, 11) is 0. The van der Waals surface area contributed by atoms with Gasteiger partial charge >= 0.3 is 0 Å². The molecule has 0 aliphatic rings. The van der Waals surface area contributed by atoms with Crippen LogP contribution in [0.15, 0.2) is 18.5 Å². The summed E-state index contributed by atoms with van der Waals surface area (Å²) >= 11 is 5.86. The first-order valence-electron chi connectivity index (χ1n) is 5.63. The average Bonchev–Trinajstić information content (AvgIpc) is 2.91. The Labute approximate surface area is 114 Å². The van der Waals surface area contributed by atoms with Crippen molar-refractivity contribution in [3.8, 4) is 5.95 Å². The second kappa shape index (κ2) is 6.41. The predicted molar refractivity (Wildman–Crippen MR) is 68.3 cm³/mol. The van der Waals surface area contributed by atoms with Gasteiger partial charge in [0, 0.05) is 25.5 Å². The molecule has 2 heterocycles. The third-order valence-electron chi connectivity index (χ3n) is 2.32. The summed E-state index contributed by atoms with van der Waals surface area (Å²) in [6.45, 7) is 0.416. The van der Waals surface area contributed by atoms with Crippen molar-refractivity contribution in [2.24, 2.45) is 0 Å². The van der Waals surface area contributed by atoms with Gasteiger partial charge in [0.25, 0.3) is 5.95 Å². The summed E-state index contributed by atoms with van der Waals surface area (Å²) < 4.78 is 1.45. The summed E-state index contributed by atoms with van der Waals surface area (Å²) in [5.41, 5.74) is 0. The number of nitrogens with zero attached hydrogens (tertiary/aromatic N) is 6. The average molecular weight is 285 g/mol. The molecule has 2 rings (SSSR count). The Morgan fingerprint density at radius 1 is 1.16 bits per heavy atom. The topological polar surface area (TPSA) is 100 Å². The predicted octanol–water partition coefficient (Wildman–Crippen LogP) is -0.498. The minimum absolute atomic E-state index is 0.0244. The molecule has 0 atom stereocenters. The Bertz CT molecular complexity index is 515. The second-order valence-electron chi connectivity index (χ2n) is 3.59. The van der Waals surface area contributed by atoms with E-state index in [9.17, 15) is 0 Å². The van der Waals surface area contributed by atoms with Gasteiger partial charge < -0.3 is 15.1 Å². The molecule has 0 bridgehead atoms. The van der Waals surface area contributed by atoms with Crippen LogP contribution in [-0.4, -0.2) is 61.2 Å². The SMILES string of the molecule is OCCN(CCO)c1nc(Cl)nc(-n2cccn2)n1. The van der Waals surface area contributed by atoms with E-state index in [1.165, 1.54) is 4.68 Å². The maximum atomic E-state index is 9.00. The summed E-state index contributed by atoms with van der Waals surface area (Å²) in [6, 6.07) is 1.73. The van der Waals surface area contributed by atoms with Gasteiger partial charge in [-0.1, -0.05) is 0 Å². The zero-order valence-electron chi connectivity index (χ0n) is 10.0. The molecule has 0 aliphatic carbocycles. The smallest absolute Gasteiger partial charge is 0.256 e. The molecule has 0 saturated heterocycles. The fourth-order valence-electron chi connectivity index (χ4n) is 1.51. The van der Waals surface area contributed by atoms with Crippen molar-refractivity contribution < 1.29 is 10.2 Å². The van der Waals surface area contributed by atoms with E-state index in [0.717, 1.165) is 0 Å². The fraction of sp³-hybridized carbons (Fsp3) is 0.400. The Morgan fingerprint density at radius 3 is 2.47 bits per heavy atom. The lowest BCUT2D eigenvalue weighted by molar-refractivity contribution is 0.280. The van der Waals surface area contributed by atoms with Crippen LogP contribution in [0.1, 0.15) is 0 Å². The molecular formula is C10H13ClN6O2. The Kier molecular flexibility index (Phi) is 4.61. The third kappa shape index (κ3) is 3.37. The molecule has 102 valence electrons. The van der Waals surface area contributed by atoms with Crippen molar-refractivity contribution >= 4 is 17.5 Å². The number of aliphatic hydroxyl groups is 2. The van der Waals surface area contributed by atoms with Crippen LogP contribution >= 0.6 is 11.6 Å². The molecular weight excluding hydrogens is 272 g/mol. The summed E-state index contributed by atoms with van der Waals surface area (Å²) in [6.07, 6.45) is 3.27. The van der Waals surface area contributed by atoms with Crippen LogP contribution < -0.4 is 4.90 Å². The number of anilines is 1. The van der Waals surface area contributed by atoms with Crippen molar-refractivity contribution in [3.05, 3.63) is 23.7 Å². The number of hydrogen-bond donors (Lipinski definition) is 2. The highest BCUT2D eigenvalue weighted by Gasteiger charge is 2.13. The maximum absolute atomic E-state index is 9.00. The number of aromatic nitrogens is 5. The molecule has 0 amide bonds.